The number of nitrogens with zero attached hydrogens (tertiary/aromatic N) is 1. The lowest BCUT2D eigenvalue weighted by molar-refractivity contribution is 0.0697. The van der Waals surface area contributed by atoms with Crippen molar-refractivity contribution in [3.05, 3.63) is 58.7 Å². The maximum absolute atomic E-state index is 10.9. The number of anilines is 1. The molecule has 0 heterocycles. The van der Waals surface area contributed by atoms with E-state index in [1.165, 1.54) is 12.1 Å². The first-order chi connectivity index (χ1) is 12.4. The molecule has 2 aromatic rings. The summed E-state index contributed by atoms with van der Waals surface area (Å²) in [4.78, 5) is 10.9. The molecule has 0 aliphatic rings. The normalized spacial score (nSPS) is 12.4. The van der Waals surface area contributed by atoms with E-state index >= 15 is 0 Å². The van der Waals surface area contributed by atoms with Crippen molar-refractivity contribution in [1.29, 1.82) is 0 Å². The molecule has 2 rings (SSSR count). The summed E-state index contributed by atoms with van der Waals surface area (Å²) in [6, 6.07) is 10.3. The van der Waals surface area contributed by atoms with Gasteiger partial charge in [-0.2, -0.15) is 5.10 Å². The van der Waals surface area contributed by atoms with E-state index in [0.29, 0.717) is 11.4 Å². The summed E-state index contributed by atoms with van der Waals surface area (Å²) in [5.74, 6) is -0.622. The Hall–Kier alpha value is -2.82. The predicted octanol–water partition coefficient (Wildman–Crippen LogP) is 5.13. The number of carbonyl (C=O) groups is 1. The van der Waals surface area contributed by atoms with Gasteiger partial charge < -0.3 is 10.2 Å². The molecule has 144 valence electrons. The van der Waals surface area contributed by atoms with Crippen LogP contribution >= 0.6 is 0 Å². The topological polar surface area (TPSA) is 81.9 Å². The van der Waals surface area contributed by atoms with Crippen LogP contribution in [0.5, 0.6) is 5.75 Å². The molecule has 0 saturated carbocycles. The Morgan fingerprint density at radius 2 is 1.44 bits per heavy atom. The van der Waals surface area contributed by atoms with Gasteiger partial charge in [0.05, 0.1) is 17.5 Å². The van der Waals surface area contributed by atoms with Crippen LogP contribution in [-0.2, 0) is 10.8 Å². The Kier molecular flexibility index (Phi) is 5.64. The standard InChI is InChI=1S/C22H28N2O3/c1-21(2,3)17-11-14(12-18(19(17)25)22(4,5)6)13-23-24-16-9-7-15(8-10-16)20(26)27/h7-13,24-25H,1-6H3,(H,26,27). The third-order valence-electron chi connectivity index (χ3n) is 4.29. The van der Waals surface area contributed by atoms with Crippen LogP contribution in [0, 0.1) is 0 Å². The zero-order chi connectivity index (χ0) is 20.4. The fraction of sp³-hybridized carbons (Fsp3) is 0.364. The van der Waals surface area contributed by atoms with E-state index in [9.17, 15) is 9.90 Å². The second-order valence-electron chi connectivity index (χ2n) is 8.72. The number of hydrogen-bond acceptors (Lipinski definition) is 4. The molecule has 0 fully saturated rings. The lowest BCUT2D eigenvalue weighted by Gasteiger charge is -2.27. The molecule has 27 heavy (non-hydrogen) atoms. The summed E-state index contributed by atoms with van der Waals surface area (Å²) in [5.41, 5.74) is 6.07. The number of benzene rings is 2. The number of hydrogen-bond donors (Lipinski definition) is 3. The molecule has 0 saturated heterocycles. The van der Waals surface area contributed by atoms with Crippen molar-refractivity contribution in [2.45, 2.75) is 52.4 Å². The highest BCUT2D eigenvalue weighted by atomic mass is 16.4. The van der Waals surface area contributed by atoms with Gasteiger partial charge in [0.25, 0.3) is 0 Å². The van der Waals surface area contributed by atoms with Gasteiger partial charge in [0.1, 0.15) is 5.75 Å². The Bertz CT molecular complexity index is 820. The van der Waals surface area contributed by atoms with Gasteiger partial charge >= 0.3 is 5.97 Å². The highest BCUT2D eigenvalue weighted by Gasteiger charge is 2.26. The van der Waals surface area contributed by atoms with Crippen LogP contribution < -0.4 is 5.43 Å². The average Bonchev–Trinajstić information content (AvgIpc) is 2.54. The minimum absolute atomic E-state index is 0.200. The first-order valence-electron chi connectivity index (χ1n) is 8.90. The molecule has 5 heteroatoms. The zero-order valence-electron chi connectivity index (χ0n) is 16.8. The molecule has 2 aromatic carbocycles. The van der Waals surface area contributed by atoms with Crippen molar-refractivity contribution < 1.29 is 15.0 Å². The minimum atomic E-state index is -0.960. The molecular formula is C22H28N2O3. The number of aromatic hydroxyl groups is 1. The molecule has 0 aromatic heterocycles. The van der Waals surface area contributed by atoms with Crippen LogP contribution in [0.2, 0.25) is 0 Å². The summed E-state index contributed by atoms with van der Waals surface area (Å²) >= 11 is 0. The number of carboxylic acids is 1. The molecule has 5 nitrogen and oxygen atoms in total. The van der Waals surface area contributed by atoms with E-state index in [2.05, 4.69) is 52.1 Å². The van der Waals surface area contributed by atoms with Gasteiger partial charge in [-0.05, 0) is 52.8 Å². The molecule has 0 radical (unpaired) electrons. The lowest BCUT2D eigenvalue weighted by Crippen LogP contribution is -2.17. The van der Waals surface area contributed by atoms with Gasteiger partial charge in [-0.15, -0.1) is 0 Å². The van der Waals surface area contributed by atoms with Gasteiger partial charge in [0.2, 0.25) is 0 Å². The smallest absolute Gasteiger partial charge is 0.335 e. The highest BCUT2D eigenvalue weighted by Crippen LogP contribution is 2.39. The van der Waals surface area contributed by atoms with Gasteiger partial charge in [0.15, 0.2) is 0 Å². The maximum atomic E-state index is 10.9. The fourth-order valence-electron chi connectivity index (χ4n) is 2.74. The van der Waals surface area contributed by atoms with E-state index in [0.717, 1.165) is 16.7 Å². The summed E-state index contributed by atoms with van der Waals surface area (Å²) in [6.07, 6.45) is 1.70. The van der Waals surface area contributed by atoms with Crippen LogP contribution in [-0.4, -0.2) is 22.4 Å². The van der Waals surface area contributed by atoms with Crippen molar-refractivity contribution in [3.8, 4) is 5.75 Å². The van der Waals surface area contributed by atoms with E-state index in [1.807, 2.05) is 12.1 Å². The zero-order valence-corrected chi connectivity index (χ0v) is 16.8. The number of phenolic OH excluding ortho intramolecular Hbond substituents is 1. The summed E-state index contributed by atoms with van der Waals surface area (Å²) in [5, 5.41) is 23.9. The molecule has 0 spiro atoms. The first kappa shape index (κ1) is 20.5. The maximum Gasteiger partial charge on any atom is 0.335 e. The monoisotopic (exact) mass is 368 g/mol. The van der Waals surface area contributed by atoms with Crippen molar-refractivity contribution in [1.82, 2.24) is 0 Å². The van der Waals surface area contributed by atoms with Gasteiger partial charge in [-0.3, -0.25) is 5.43 Å². The van der Waals surface area contributed by atoms with Crippen LogP contribution in [0.25, 0.3) is 0 Å². The van der Waals surface area contributed by atoms with E-state index < -0.39 is 5.97 Å². The number of carboxylic acid groups (broad SMARTS) is 1. The Labute approximate surface area is 160 Å². The molecule has 0 aliphatic carbocycles. The SMILES string of the molecule is CC(C)(C)c1cc(C=NNc2ccc(C(=O)O)cc2)cc(C(C)(C)C)c1O. The second kappa shape index (κ2) is 7.43. The molecule has 3 N–H and O–H groups in total. The number of aromatic carboxylic acids is 1. The molecular weight excluding hydrogens is 340 g/mol. The highest BCUT2D eigenvalue weighted by molar-refractivity contribution is 5.88. The average molecular weight is 368 g/mol. The van der Waals surface area contributed by atoms with Crippen LogP contribution in [0.3, 0.4) is 0 Å². The summed E-state index contributed by atoms with van der Waals surface area (Å²) < 4.78 is 0. The first-order valence-corrected chi connectivity index (χ1v) is 8.90. The molecule has 0 unspecified atom stereocenters. The second-order valence-corrected chi connectivity index (χ2v) is 8.72. The number of phenols is 1. The molecule has 0 atom stereocenters. The van der Waals surface area contributed by atoms with Crippen molar-refractivity contribution in [2.75, 3.05) is 5.43 Å². The third-order valence-corrected chi connectivity index (χ3v) is 4.29. The number of rotatable bonds is 4. The quantitative estimate of drug-likeness (QED) is 0.516. The van der Waals surface area contributed by atoms with Crippen LogP contribution in [0.15, 0.2) is 41.5 Å². The Balaban J connectivity index is 2.32. The summed E-state index contributed by atoms with van der Waals surface area (Å²) in [6.45, 7) is 12.4. The van der Waals surface area contributed by atoms with Gasteiger partial charge in [-0.1, -0.05) is 41.5 Å². The number of hydrazone groups is 1. The van der Waals surface area contributed by atoms with Crippen LogP contribution in [0.4, 0.5) is 5.69 Å². The van der Waals surface area contributed by atoms with Gasteiger partial charge in [0, 0.05) is 11.1 Å². The minimum Gasteiger partial charge on any atom is -0.507 e. The molecule has 0 aliphatic heterocycles. The molecule has 0 bridgehead atoms. The van der Waals surface area contributed by atoms with Crippen molar-refractivity contribution >= 4 is 17.9 Å². The van der Waals surface area contributed by atoms with Crippen LogP contribution in [0.1, 0.15) is 68.6 Å². The predicted molar refractivity (Wildman–Crippen MR) is 110 cm³/mol. The van der Waals surface area contributed by atoms with E-state index in [1.54, 1.807) is 18.3 Å². The van der Waals surface area contributed by atoms with E-state index in [-0.39, 0.29) is 16.4 Å². The fourth-order valence-corrected chi connectivity index (χ4v) is 2.74. The largest absolute Gasteiger partial charge is 0.507 e. The number of nitrogens with one attached hydrogen (secondary N) is 1. The lowest BCUT2D eigenvalue weighted by atomic mass is 9.78. The van der Waals surface area contributed by atoms with Crippen molar-refractivity contribution in [2.24, 2.45) is 5.10 Å². The Morgan fingerprint density at radius 1 is 0.963 bits per heavy atom. The Morgan fingerprint density at radius 3 is 1.85 bits per heavy atom. The van der Waals surface area contributed by atoms with Crippen molar-refractivity contribution in [3.63, 3.8) is 0 Å². The third kappa shape index (κ3) is 5.09. The summed E-state index contributed by atoms with van der Waals surface area (Å²) in [7, 11) is 0. The molecule has 0 amide bonds. The van der Waals surface area contributed by atoms with Gasteiger partial charge in [-0.25, -0.2) is 4.79 Å². The van der Waals surface area contributed by atoms with E-state index in [4.69, 9.17) is 5.11 Å².